The minimum absolute atomic E-state index is 0.00143. The Labute approximate surface area is 232 Å². The van der Waals surface area contributed by atoms with Crippen LogP contribution in [-0.2, 0) is 19.1 Å². The van der Waals surface area contributed by atoms with Crippen LogP contribution in [0.25, 0.3) is 0 Å². The van der Waals surface area contributed by atoms with Crippen molar-refractivity contribution in [1.82, 2.24) is 5.32 Å². The van der Waals surface area contributed by atoms with E-state index in [0.717, 1.165) is 16.8 Å². The van der Waals surface area contributed by atoms with Crippen LogP contribution in [0.2, 0.25) is 0 Å². The molecule has 0 saturated heterocycles. The second-order valence-corrected chi connectivity index (χ2v) is 11.8. The van der Waals surface area contributed by atoms with Gasteiger partial charge in [0.15, 0.2) is 5.78 Å². The van der Waals surface area contributed by atoms with Crippen molar-refractivity contribution in [1.29, 1.82) is 0 Å². The Hall–Kier alpha value is -3.38. The molecule has 2 aromatic rings. The molecule has 2 unspecified atom stereocenters. The molecule has 0 amide bonds. The molecule has 39 heavy (non-hydrogen) atoms. The number of hydrogen-bond donors (Lipinski definition) is 2. The minimum atomic E-state index is -0.667. The number of aromatic hydroxyl groups is 1. The minimum Gasteiger partial charge on any atom is -0.508 e. The first-order chi connectivity index (χ1) is 18.3. The number of Topliss-reactive ketones (excluding diaryl/α,β-unsaturated/α-hetero) is 1. The molecule has 0 saturated carbocycles. The van der Waals surface area contributed by atoms with Crippen molar-refractivity contribution in [2.75, 3.05) is 13.2 Å². The second kappa shape index (κ2) is 11.0. The van der Waals surface area contributed by atoms with Crippen LogP contribution in [0.5, 0.6) is 5.75 Å². The van der Waals surface area contributed by atoms with E-state index in [4.69, 9.17) is 9.47 Å². The molecule has 2 N–H and O–H groups in total. The van der Waals surface area contributed by atoms with Gasteiger partial charge in [-0.2, -0.15) is 0 Å². The van der Waals surface area contributed by atoms with Gasteiger partial charge in [-0.1, -0.05) is 23.8 Å². The van der Waals surface area contributed by atoms with Crippen molar-refractivity contribution in [3.63, 3.8) is 0 Å². The number of benzene rings is 2. The van der Waals surface area contributed by atoms with E-state index in [1.54, 1.807) is 19.1 Å². The zero-order valence-corrected chi connectivity index (χ0v) is 24.5. The lowest BCUT2D eigenvalue weighted by Crippen LogP contribution is -2.39. The molecule has 6 nitrogen and oxygen atoms in total. The lowest BCUT2D eigenvalue weighted by atomic mass is 9.70. The fourth-order valence-corrected chi connectivity index (χ4v) is 6.09. The van der Waals surface area contributed by atoms with Crippen molar-refractivity contribution in [3.8, 4) is 5.75 Å². The number of dihydropyridines is 1. The number of aryl methyl sites for hydroxylation is 4. The van der Waals surface area contributed by atoms with Gasteiger partial charge in [-0.3, -0.25) is 4.79 Å². The van der Waals surface area contributed by atoms with Gasteiger partial charge in [-0.15, -0.1) is 0 Å². The molecule has 1 aliphatic heterocycles. The Morgan fingerprint density at radius 3 is 2.31 bits per heavy atom. The zero-order chi connectivity index (χ0) is 28.6. The number of phenolic OH excluding ortho intramolecular Hbond substituents is 1. The first-order valence-corrected chi connectivity index (χ1v) is 13.7. The van der Waals surface area contributed by atoms with Crippen LogP contribution in [-0.4, -0.2) is 35.7 Å². The number of rotatable bonds is 6. The first kappa shape index (κ1) is 28.6. The van der Waals surface area contributed by atoms with Crippen LogP contribution in [0.4, 0.5) is 0 Å². The molecule has 208 valence electrons. The summed E-state index contributed by atoms with van der Waals surface area (Å²) in [6.45, 7) is 16.3. The summed E-state index contributed by atoms with van der Waals surface area (Å²) in [5.41, 5.74) is 8.28. The Kier molecular flexibility index (Phi) is 8.08. The van der Waals surface area contributed by atoms with Crippen LogP contribution in [0.15, 0.2) is 52.9 Å². The molecule has 0 fully saturated rings. The summed E-state index contributed by atoms with van der Waals surface area (Å²) in [5.74, 6) is -1.06. The number of nitrogens with one attached hydrogen (secondary N) is 1. The van der Waals surface area contributed by atoms with Crippen molar-refractivity contribution in [2.45, 2.75) is 85.7 Å². The van der Waals surface area contributed by atoms with Gasteiger partial charge in [-0.05, 0) is 108 Å². The fraction of sp³-hybridized carbons (Fsp3) is 0.455. The molecule has 1 aliphatic carbocycles. The molecule has 0 spiro atoms. The molecule has 6 heteroatoms. The number of carbonyl (C=O) groups excluding carboxylic acids is 2. The Morgan fingerprint density at radius 2 is 1.69 bits per heavy atom. The molecule has 0 aromatic heterocycles. The van der Waals surface area contributed by atoms with Crippen molar-refractivity contribution < 1.29 is 24.2 Å². The average Bonchev–Trinajstić information content (AvgIpc) is 2.82. The maximum absolute atomic E-state index is 14.1. The van der Waals surface area contributed by atoms with Crippen molar-refractivity contribution in [3.05, 3.63) is 86.3 Å². The van der Waals surface area contributed by atoms with E-state index < -0.39 is 17.5 Å². The third-order valence-corrected chi connectivity index (χ3v) is 7.58. The molecule has 0 bridgehead atoms. The molecular formula is C33H41NO5. The summed E-state index contributed by atoms with van der Waals surface area (Å²) in [6.07, 6.45) is 0.985. The van der Waals surface area contributed by atoms with Crippen molar-refractivity contribution >= 4 is 11.8 Å². The van der Waals surface area contributed by atoms with Crippen LogP contribution in [0, 0.1) is 27.7 Å². The number of esters is 1. The van der Waals surface area contributed by atoms with Gasteiger partial charge < -0.3 is 19.9 Å². The van der Waals surface area contributed by atoms with Gasteiger partial charge in [0, 0.05) is 23.6 Å². The molecular weight excluding hydrogens is 490 g/mol. The molecule has 1 heterocycles. The van der Waals surface area contributed by atoms with E-state index >= 15 is 0 Å². The molecule has 2 aliphatic rings. The first-order valence-electron chi connectivity index (χ1n) is 13.7. The van der Waals surface area contributed by atoms with Gasteiger partial charge in [0.05, 0.1) is 30.1 Å². The summed E-state index contributed by atoms with van der Waals surface area (Å²) >= 11 is 0. The normalized spacial score (nSPS) is 19.6. The summed E-state index contributed by atoms with van der Waals surface area (Å²) in [7, 11) is 0. The third kappa shape index (κ3) is 5.96. The predicted octanol–water partition coefficient (Wildman–Crippen LogP) is 6.35. The lowest BCUT2D eigenvalue weighted by molar-refractivity contribution is -0.139. The molecule has 2 atom stereocenters. The fourth-order valence-electron chi connectivity index (χ4n) is 6.09. The highest BCUT2D eigenvalue weighted by atomic mass is 16.5. The van der Waals surface area contributed by atoms with E-state index in [1.165, 1.54) is 22.3 Å². The van der Waals surface area contributed by atoms with E-state index in [0.29, 0.717) is 29.7 Å². The van der Waals surface area contributed by atoms with E-state index in [-0.39, 0.29) is 30.7 Å². The van der Waals surface area contributed by atoms with Gasteiger partial charge in [0.25, 0.3) is 0 Å². The number of allylic oxidation sites excluding steroid dienone is 2. The topological polar surface area (TPSA) is 84.9 Å². The molecule has 2 aromatic carbocycles. The van der Waals surface area contributed by atoms with Crippen LogP contribution in [0.3, 0.4) is 0 Å². The third-order valence-electron chi connectivity index (χ3n) is 7.58. The van der Waals surface area contributed by atoms with Crippen molar-refractivity contribution in [2.24, 2.45) is 0 Å². The maximum Gasteiger partial charge on any atom is 0.336 e. The summed E-state index contributed by atoms with van der Waals surface area (Å²) < 4.78 is 11.7. The number of hydrogen-bond acceptors (Lipinski definition) is 6. The van der Waals surface area contributed by atoms with E-state index in [1.807, 2.05) is 33.8 Å². The number of ketones is 1. The second-order valence-electron chi connectivity index (χ2n) is 11.8. The lowest BCUT2D eigenvalue weighted by Gasteiger charge is -2.38. The zero-order valence-electron chi connectivity index (χ0n) is 24.5. The SMILES string of the molecule is CCOC(=O)C1=C(COC(C)(C)C)NC2=C(C(=O)CC(c3c(C)cc(C)cc3C)C2)C1c1cc(O)ccc1C. The highest BCUT2D eigenvalue weighted by Crippen LogP contribution is 2.48. The van der Waals surface area contributed by atoms with Gasteiger partial charge in [-0.25, -0.2) is 4.79 Å². The maximum atomic E-state index is 14.1. The van der Waals surface area contributed by atoms with Crippen LogP contribution >= 0.6 is 0 Å². The highest BCUT2D eigenvalue weighted by Gasteiger charge is 2.43. The Balaban J connectivity index is 1.91. The largest absolute Gasteiger partial charge is 0.508 e. The number of ether oxygens (including phenoxy) is 2. The highest BCUT2D eigenvalue weighted by molar-refractivity contribution is 6.04. The van der Waals surface area contributed by atoms with Crippen LogP contribution < -0.4 is 5.32 Å². The summed E-state index contributed by atoms with van der Waals surface area (Å²) in [5, 5.41) is 13.9. The standard InChI is InChI=1S/C33H41NO5/c1-9-38-32(37)31-26(17-39-33(6,7)8)34-25-14-22(28-20(4)12-18(2)13-21(28)5)15-27(36)30(25)29(31)24-16-23(35)11-10-19(24)3/h10-13,16,22,29,34-35H,9,14-15,17H2,1-8H3. The Morgan fingerprint density at radius 1 is 1.03 bits per heavy atom. The van der Waals surface area contributed by atoms with E-state index in [2.05, 4.69) is 38.2 Å². The Bertz CT molecular complexity index is 1350. The van der Waals surface area contributed by atoms with Gasteiger partial charge in [0.1, 0.15) is 5.75 Å². The van der Waals surface area contributed by atoms with E-state index in [9.17, 15) is 14.7 Å². The smallest absolute Gasteiger partial charge is 0.336 e. The summed E-state index contributed by atoms with van der Waals surface area (Å²) in [6, 6.07) is 9.44. The van der Waals surface area contributed by atoms with Crippen LogP contribution in [0.1, 0.15) is 85.8 Å². The summed E-state index contributed by atoms with van der Waals surface area (Å²) in [4.78, 5) is 27.6. The quantitative estimate of drug-likeness (QED) is 0.423. The average molecular weight is 532 g/mol. The molecule has 0 radical (unpaired) electrons. The number of phenols is 1. The van der Waals surface area contributed by atoms with Gasteiger partial charge in [0.2, 0.25) is 0 Å². The molecule has 4 rings (SSSR count). The monoisotopic (exact) mass is 531 g/mol. The van der Waals surface area contributed by atoms with Gasteiger partial charge >= 0.3 is 5.97 Å². The predicted molar refractivity (Wildman–Crippen MR) is 153 cm³/mol. The number of carbonyl (C=O) groups is 2.